The van der Waals surface area contributed by atoms with Gasteiger partial charge in [-0.3, -0.25) is 4.90 Å². The summed E-state index contributed by atoms with van der Waals surface area (Å²) in [6.07, 6.45) is 0. The Kier molecular flexibility index (Phi) is 4.86. The topological polar surface area (TPSA) is 37.0 Å². The molecule has 1 aromatic rings. The molecule has 0 bridgehead atoms. The van der Waals surface area contributed by atoms with Crippen molar-refractivity contribution in [1.29, 1.82) is 0 Å². The molecule has 2 heterocycles. The van der Waals surface area contributed by atoms with Crippen LogP contribution in [0.1, 0.15) is 24.1 Å². The first-order valence-corrected chi connectivity index (χ1v) is 8.18. The predicted octanol–water partition coefficient (Wildman–Crippen LogP) is 1.49. The van der Waals surface area contributed by atoms with Crippen LogP contribution in [-0.4, -0.2) is 63.3 Å². The minimum Gasteiger partial charge on any atom is -0.497 e. The molecule has 1 aromatic carbocycles. The maximum Gasteiger partial charge on any atom is 0.127 e. The lowest BCUT2D eigenvalue weighted by atomic mass is 9.93. The summed E-state index contributed by atoms with van der Waals surface area (Å²) >= 11 is 0. The molecule has 5 nitrogen and oxygen atoms in total. The van der Waals surface area contributed by atoms with E-state index < -0.39 is 0 Å². The van der Waals surface area contributed by atoms with E-state index in [1.807, 2.05) is 6.07 Å². The van der Waals surface area contributed by atoms with Gasteiger partial charge in [0, 0.05) is 50.9 Å². The van der Waals surface area contributed by atoms with Gasteiger partial charge >= 0.3 is 0 Å². The second kappa shape index (κ2) is 6.86. The van der Waals surface area contributed by atoms with Crippen LogP contribution >= 0.6 is 0 Å². The molecule has 0 aliphatic carbocycles. The Hall–Kier alpha value is -1.30. The molecule has 1 N–H and O–H groups in total. The fourth-order valence-corrected chi connectivity index (χ4v) is 3.62. The monoisotopic (exact) mass is 305 g/mol. The molecule has 0 radical (unpaired) electrons. The van der Waals surface area contributed by atoms with Crippen molar-refractivity contribution < 1.29 is 9.47 Å². The molecule has 3 rings (SSSR count). The zero-order valence-corrected chi connectivity index (χ0v) is 13.9. The van der Waals surface area contributed by atoms with E-state index in [9.17, 15) is 0 Å². The number of rotatable bonds is 4. The number of likely N-dealkylation sites (N-methyl/N-ethyl adjacent to an activating group) is 1. The van der Waals surface area contributed by atoms with Crippen molar-refractivity contribution in [3.8, 4) is 11.5 Å². The molecule has 22 heavy (non-hydrogen) atoms. The molecule has 1 atom stereocenters. The van der Waals surface area contributed by atoms with Crippen LogP contribution in [-0.2, 0) is 6.54 Å². The van der Waals surface area contributed by atoms with E-state index in [4.69, 9.17) is 9.47 Å². The van der Waals surface area contributed by atoms with Crippen molar-refractivity contribution in [2.45, 2.75) is 19.5 Å². The maximum absolute atomic E-state index is 5.67. The first-order valence-electron chi connectivity index (χ1n) is 8.18. The zero-order valence-electron chi connectivity index (χ0n) is 13.9. The van der Waals surface area contributed by atoms with Crippen molar-refractivity contribution in [2.75, 3.05) is 53.5 Å². The van der Waals surface area contributed by atoms with Crippen molar-refractivity contribution in [3.05, 3.63) is 23.3 Å². The van der Waals surface area contributed by atoms with Gasteiger partial charge < -0.3 is 19.7 Å². The fourth-order valence-electron chi connectivity index (χ4n) is 3.62. The Morgan fingerprint density at radius 2 is 1.91 bits per heavy atom. The second-order valence-corrected chi connectivity index (χ2v) is 6.02. The van der Waals surface area contributed by atoms with Crippen molar-refractivity contribution >= 4 is 0 Å². The Morgan fingerprint density at radius 3 is 2.55 bits per heavy atom. The highest BCUT2D eigenvalue weighted by atomic mass is 16.5. The van der Waals surface area contributed by atoms with E-state index in [1.165, 1.54) is 11.1 Å². The lowest BCUT2D eigenvalue weighted by molar-refractivity contribution is 0.0935. The number of hydrogen-bond donors (Lipinski definition) is 1. The summed E-state index contributed by atoms with van der Waals surface area (Å²) < 4.78 is 11.1. The Morgan fingerprint density at radius 1 is 1.14 bits per heavy atom. The van der Waals surface area contributed by atoms with E-state index in [1.54, 1.807) is 14.2 Å². The van der Waals surface area contributed by atoms with Gasteiger partial charge in [-0.1, -0.05) is 6.92 Å². The highest BCUT2D eigenvalue weighted by molar-refractivity contribution is 5.49. The molecule has 122 valence electrons. The van der Waals surface area contributed by atoms with Gasteiger partial charge in [-0.25, -0.2) is 0 Å². The van der Waals surface area contributed by atoms with Gasteiger partial charge in [0.1, 0.15) is 11.5 Å². The van der Waals surface area contributed by atoms with Gasteiger partial charge in [-0.2, -0.15) is 0 Å². The number of piperazine rings is 1. The first kappa shape index (κ1) is 15.6. The molecular weight excluding hydrogens is 278 g/mol. The van der Waals surface area contributed by atoms with E-state index in [0.29, 0.717) is 6.04 Å². The van der Waals surface area contributed by atoms with Crippen molar-refractivity contribution in [2.24, 2.45) is 0 Å². The summed E-state index contributed by atoms with van der Waals surface area (Å²) in [4.78, 5) is 5.10. The molecule has 1 fully saturated rings. The van der Waals surface area contributed by atoms with E-state index >= 15 is 0 Å². The number of methoxy groups -OCH3 is 2. The van der Waals surface area contributed by atoms with Gasteiger partial charge in [0.25, 0.3) is 0 Å². The molecule has 5 heteroatoms. The van der Waals surface area contributed by atoms with Gasteiger partial charge in [0.05, 0.1) is 20.3 Å². The van der Waals surface area contributed by atoms with Crippen LogP contribution < -0.4 is 14.8 Å². The molecule has 0 saturated carbocycles. The van der Waals surface area contributed by atoms with Crippen LogP contribution in [0.15, 0.2) is 12.1 Å². The SMILES string of the molecule is CCN1CCN([C@@H]2CNCc3cc(OC)cc(OC)c32)CC1. The molecule has 2 aliphatic heterocycles. The molecule has 0 aromatic heterocycles. The third kappa shape index (κ3) is 2.93. The lowest BCUT2D eigenvalue weighted by Crippen LogP contribution is -2.50. The smallest absolute Gasteiger partial charge is 0.127 e. The Bertz CT molecular complexity index is 496. The largest absolute Gasteiger partial charge is 0.497 e. The van der Waals surface area contributed by atoms with Gasteiger partial charge in [0.15, 0.2) is 0 Å². The summed E-state index contributed by atoms with van der Waals surface area (Å²) in [7, 11) is 3.46. The molecule has 0 spiro atoms. The number of fused-ring (bicyclic) bond motifs is 1. The minimum absolute atomic E-state index is 0.392. The normalized spacial score (nSPS) is 23.1. The third-order valence-electron chi connectivity index (χ3n) is 4.94. The maximum atomic E-state index is 5.67. The Labute approximate surface area is 133 Å². The number of benzene rings is 1. The minimum atomic E-state index is 0.392. The van der Waals surface area contributed by atoms with Crippen LogP contribution in [0.5, 0.6) is 11.5 Å². The zero-order chi connectivity index (χ0) is 15.5. The highest BCUT2D eigenvalue weighted by Crippen LogP contribution is 2.38. The fraction of sp³-hybridized carbons (Fsp3) is 0.647. The van der Waals surface area contributed by atoms with Crippen LogP contribution in [0.25, 0.3) is 0 Å². The summed E-state index contributed by atoms with van der Waals surface area (Å²) in [5, 5.41) is 3.55. The van der Waals surface area contributed by atoms with Crippen LogP contribution in [0.3, 0.4) is 0 Å². The lowest BCUT2D eigenvalue weighted by Gasteiger charge is -2.41. The third-order valence-corrected chi connectivity index (χ3v) is 4.94. The Balaban J connectivity index is 1.87. The van der Waals surface area contributed by atoms with Gasteiger partial charge in [-0.05, 0) is 18.2 Å². The van der Waals surface area contributed by atoms with Crippen LogP contribution in [0, 0.1) is 0 Å². The average molecular weight is 305 g/mol. The van der Waals surface area contributed by atoms with E-state index in [2.05, 4.69) is 28.1 Å². The predicted molar refractivity (Wildman–Crippen MR) is 87.7 cm³/mol. The van der Waals surface area contributed by atoms with E-state index in [-0.39, 0.29) is 0 Å². The number of nitrogens with zero attached hydrogens (tertiary/aromatic N) is 2. The van der Waals surface area contributed by atoms with Gasteiger partial charge in [-0.15, -0.1) is 0 Å². The van der Waals surface area contributed by atoms with Crippen molar-refractivity contribution in [1.82, 2.24) is 15.1 Å². The quantitative estimate of drug-likeness (QED) is 0.912. The second-order valence-electron chi connectivity index (χ2n) is 6.02. The van der Waals surface area contributed by atoms with Gasteiger partial charge in [0.2, 0.25) is 0 Å². The summed E-state index contributed by atoms with van der Waals surface area (Å²) in [6.45, 7) is 9.80. The number of ether oxygens (including phenoxy) is 2. The molecule has 1 saturated heterocycles. The summed E-state index contributed by atoms with van der Waals surface area (Å²) in [5.74, 6) is 1.83. The number of hydrogen-bond acceptors (Lipinski definition) is 5. The summed E-state index contributed by atoms with van der Waals surface area (Å²) in [6, 6.07) is 4.54. The average Bonchev–Trinajstić information content (AvgIpc) is 2.60. The summed E-state index contributed by atoms with van der Waals surface area (Å²) in [5.41, 5.74) is 2.64. The van der Waals surface area contributed by atoms with Crippen LogP contribution in [0.4, 0.5) is 0 Å². The molecule has 0 unspecified atom stereocenters. The van der Waals surface area contributed by atoms with E-state index in [0.717, 1.165) is 57.3 Å². The first-order chi connectivity index (χ1) is 10.8. The highest BCUT2D eigenvalue weighted by Gasteiger charge is 2.31. The molecular formula is C17H27N3O2. The molecule has 0 amide bonds. The van der Waals surface area contributed by atoms with Crippen molar-refractivity contribution in [3.63, 3.8) is 0 Å². The standard InChI is InChI=1S/C17H27N3O2/c1-4-19-5-7-20(8-6-19)15-12-18-11-13-9-14(21-2)10-16(22-3)17(13)15/h9-10,15,18H,4-8,11-12H2,1-3H3/t15-/m1/s1. The van der Waals surface area contributed by atoms with Crippen LogP contribution in [0.2, 0.25) is 0 Å². The molecule has 2 aliphatic rings. The number of nitrogens with one attached hydrogen (secondary N) is 1.